The molecule has 0 unspecified atom stereocenters. The fourth-order valence-corrected chi connectivity index (χ4v) is 1.05. The van der Waals surface area contributed by atoms with Crippen LogP contribution < -0.4 is 29.5 Å². The van der Waals surface area contributed by atoms with Crippen molar-refractivity contribution in [2.24, 2.45) is 0 Å². The fourth-order valence-electron chi connectivity index (χ4n) is 1.05. The van der Waals surface area contributed by atoms with E-state index in [0.717, 1.165) is 0 Å². The Hall–Kier alpha value is -0.763. The largest absolute Gasteiger partial charge is 1.00 e. The van der Waals surface area contributed by atoms with Gasteiger partial charge in [-0.05, 0) is 13.3 Å². The second-order valence-corrected chi connectivity index (χ2v) is 2.80. The van der Waals surface area contributed by atoms with Gasteiger partial charge in [0.15, 0.2) is 0 Å². The van der Waals surface area contributed by atoms with Crippen LogP contribution in [0.1, 0.15) is 19.4 Å². The summed E-state index contributed by atoms with van der Waals surface area (Å²) in [7, 11) is 0. The molecule has 78 valence electrons. The number of nitrogens with zero attached hydrogens (tertiary/aromatic N) is 2. The van der Waals surface area contributed by atoms with Crippen LogP contribution in [0.4, 0.5) is 0 Å². The Balaban J connectivity index is 0.00000196. The van der Waals surface area contributed by atoms with Crippen molar-refractivity contribution in [3.8, 4) is 6.01 Å². The van der Waals surface area contributed by atoms with E-state index in [-0.39, 0.29) is 25.6 Å². The number of hydrogen-bond acceptors (Lipinski definition) is 4. The fraction of sp³-hybridized carbons (Fsp3) is 0.556. The van der Waals surface area contributed by atoms with Gasteiger partial charge in [-0.1, -0.05) is 6.92 Å². The minimum Gasteiger partial charge on any atom is -0.846 e. The normalized spacial score (nSPS) is 9.73. The molecule has 0 amide bonds. The van der Waals surface area contributed by atoms with Crippen molar-refractivity contribution in [2.45, 2.75) is 27.0 Å². The molecule has 0 fully saturated rings. The van der Waals surface area contributed by atoms with E-state index in [1.807, 2.05) is 13.8 Å². The summed E-state index contributed by atoms with van der Waals surface area (Å²) in [5.74, 6) is 0. The molecule has 0 aliphatic rings. The van der Waals surface area contributed by atoms with Gasteiger partial charge in [-0.15, -0.1) is 0 Å². The standard InChI is InChI=1S/C9H14N2O3.Li/c1-3-7-5-11(6-14-4-2)9(13)10-8(7)12;/h5H,3-4,6H2,1-2H3,(H,10,12,13);/q;+1/p-1. The van der Waals surface area contributed by atoms with Gasteiger partial charge in [-0.2, -0.15) is 0 Å². The van der Waals surface area contributed by atoms with Crippen molar-refractivity contribution in [3.05, 3.63) is 22.1 Å². The Morgan fingerprint density at radius 1 is 1.53 bits per heavy atom. The van der Waals surface area contributed by atoms with E-state index in [1.54, 1.807) is 0 Å². The number of rotatable bonds is 4. The van der Waals surface area contributed by atoms with Crippen LogP contribution in [-0.4, -0.2) is 16.2 Å². The Kier molecular flexibility index (Phi) is 6.33. The summed E-state index contributed by atoms with van der Waals surface area (Å²) in [5.41, 5.74) is 0.0922. The SMILES string of the molecule is CCOCn1cc(CC)c(=O)nc1[O-].[Li+]. The molecular formula is C9H13LiN2O3. The Bertz CT molecular complexity index is 365. The molecule has 0 radical (unpaired) electrons. The third kappa shape index (κ3) is 3.71. The molecule has 0 spiro atoms. The zero-order valence-corrected chi connectivity index (χ0v) is 9.32. The third-order valence-electron chi connectivity index (χ3n) is 1.84. The van der Waals surface area contributed by atoms with E-state index < -0.39 is 11.6 Å². The molecule has 6 heteroatoms. The average Bonchev–Trinajstić information content (AvgIpc) is 2.17. The summed E-state index contributed by atoms with van der Waals surface area (Å²) >= 11 is 0. The zero-order valence-electron chi connectivity index (χ0n) is 9.32. The van der Waals surface area contributed by atoms with Gasteiger partial charge in [-0.25, -0.2) is 4.98 Å². The molecule has 0 N–H and O–H groups in total. The second-order valence-electron chi connectivity index (χ2n) is 2.80. The molecule has 0 saturated heterocycles. The van der Waals surface area contributed by atoms with Gasteiger partial charge in [0, 0.05) is 18.4 Å². The number of ether oxygens (including phenoxy) is 1. The molecule has 5 nitrogen and oxygen atoms in total. The maximum absolute atomic E-state index is 11.2. The van der Waals surface area contributed by atoms with Crippen molar-refractivity contribution in [1.82, 2.24) is 9.55 Å². The second kappa shape index (κ2) is 6.67. The van der Waals surface area contributed by atoms with Gasteiger partial charge in [0.2, 0.25) is 0 Å². The Morgan fingerprint density at radius 2 is 2.20 bits per heavy atom. The van der Waals surface area contributed by atoms with Gasteiger partial charge in [0.1, 0.15) is 6.73 Å². The molecular weight excluding hydrogens is 191 g/mol. The van der Waals surface area contributed by atoms with E-state index in [4.69, 9.17) is 4.74 Å². The molecule has 0 aliphatic heterocycles. The maximum atomic E-state index is 11.2. The molecule has 1 aromatic heterocycles. The summed E-state index contributed by atoms with van der Waals surface area (Å²) in [6, 6.07) is -0.555. The molecule has 1 rings (SSSR count). The van der Waals surface area contributed by atoms with Crippen LogP contribution in [0.15, 0.2) is 11.0 Å². The minimum atomic E-state index is -0.555. The summed E-state index contributed by atoms with van der Waals surface area (Å²) in [5, 5.41) is 11.2. The average molecular weight is 204 g/mol. The predicted octanol–water partition coefficient (Wildman–Crippen LogP) is -3.12. The van der Waals surface area contributed by atoms with Crippen molar-refractivity contribution in [1.29, 1.82) is 0 Å². The predicted molar refractivity (Wildman–Crippen MR) is 48.9 cm³/mol. The summed E-state index contributed by atoms with van der Waals surface area (Å²) in [6.07, 6.45) is 2.07. The Morgan fingerprint density at radius 3 is 2.73 bits per heavy atom. The van der Waals surface area contributed by atoms with Crippen molar-refractivity contribution < 1.29 is 28.7 Å². The van der Waals surface area contributed by atoms with Gasteiger partial charge in [-0.3, -0.25) is 4.79 Å². The Labute approximate surface area is 100 Å². The van der Waals surface area contributed by atoms with Crippen LogP contribution in [0.2, 0.25) is 0 Å². The molecule has 0 bridgehead atoms. The first-order chi connectivity index (χ1) is 6.69. The van der Waals surface area contributed by atoms with Gasteiger partial charge < -0.3 is 14.4 Å². The summed E-state index contributed by atoms with van der Waals surface area (Å²) in [6.45, 7) is 4.34. The molecule has 1 aromatic rings. The molecule has 1 heterocycles. The number of aryl methyl sites for hydroxylation is 1. The summed E-state index contributed by atoms with van der Waals surface area (Å²) < 4.78 is 6.36. The van der Waals surface area contributed by atoms with E-state index in [0.29, 0.717) is 18.6 Å². The molecule has 0 aromatic carbocycles. The monoisotopic (exact) mass is 204 g/mol. The van der Waals surface area contributed by atoms with Gasteiger partial charge in [0.25, 0.3) is 5.56 Å². The van der Waals surface area contributed by atoms with Crippen LogP contribution in [-0.2, 0) is 17.9 Å². The number of hydrogen-bond donors (Lipinski definition) is 0. The van der Waals surface area contributed by atoms with Crippen molar-refractivity contribution in [2.75, 3.05) is 6.61 Å². The van der Waals surface area contributed by atoms with Gasteiger partial charge in [0.05, 0.1) is 6.01 Å². The van der Waals surface area contributed by atoms with Crippen molar-refractivity contribution in [3.63, 3.8) is 0 Å². The zero-order chi connectivity index (χ0) is 10.6. The van der Waals surface area contributed by atoms with Crippen LogP contribution in [0.5, 0.6) is 6.01 Å². The topological polar surface area (TPSA) is 67.2 Å². The van der Waals surface area contributed by atoms with Crippen molar-refractivity contribution >= 4 is 0 Å². The van der Waals surface area contributed by atoms with E-state index in [2.05, 4.69) is 4.98 Å². The number of aromatic nitrogens is 2. The molecule has 0 atom stereocenters. The maximum Gasteiger partial charge on any atom is 1.00 e. The van der Waals surface area contributed by atoms with Gasteiger partial charge >= 0.3 is 18.9 Å². The van der Waals surface area contributed by atoms with Crippen LogP contribution >= 0.6 is 0 Å². The van der Waals surface area contributed by atoms with Crippen LogP contribution in [0.25, 0.3) is 0 Å². The van der Waals surface area contributed by atoms with E-state index in [1.165, 1.54) is 10.8 Å². The smallest absolute Gasteiger partial charge is 0.846 e. The third-order valence-corrected chi connectivity index (χ3v) is 1.84. The van der Waals surface area contributed by atoms with Crippen LogP contribution in [0, 0.1) is 0 Å². The van der Waals surface area contributed by atoms with E-state index in [9.17, 15) is 9.90 Å². The first-order valence-electron chi connectivity index (χ1n) is 4.54. The quantitative estimate of drug-likeness (QED) is 0.486. The first kappa shape index (κ1) is 14.2. The van der Waals surface area contributed by atoms with E-state index >= 15 is 0 Å². The molecule has 0 saturated carbocycles. The first-order valence-corrected chi connectivity index (χ1v) is 4.54. The summed E-state index contributed by atoms with van der Waals surface area (Å²) in [4.78, 5) is 14.5. The minimum absolute atomic E-state index is 0. The molecule has 0 aliphatic carbocycles. The van der Waals surface area contributed by atoms with Crippen LogP contribution in [0.3, 0.4) is 0 Å². The molecule has 15 heavy (non-hydrogen) atoms.